The Labute approximate surface area is 172 Å². The van der Waals surface area contributed by atoms with Gasteiger partial charge in [-0.3, -0.25) is 0 Å². The second-order valence-electron chi connectivity index (χ2n) is 7.27. The lowest BCUT2D eigenvalue weighted by atomic mass is 9.92. The maximum absolute atomic E-state index is 9.52. The van der Waals surface area contributed by atoms with Gasteiger partial charge in [0.25, 0.3) is 0 Å². The highest BCUT2D eigenvalue weighted by Gasteiger charge is 2.11. The van der Waals surface area contributed by atoms with Gasteiger partial charge < -0.3 is 9.84 Å². The predicted molar refractivity (Wildman–Crippen MR) is 118 cm³/mol. The number of hydrogen-bond acceptors (Lipinski definition) is 2. The van der Waals surface area contributed by atoms with Crippen LogP contribution in [0, 0.1) is 13.8 Å². The molecule has 28 heavy (non-hydrogen) atoms. The lowest BCUT2D eigenvalue weighted by Gasteiger charge is -2.14. The molecule has 3 heteroatoms. The standard InChI is InChI=1S/C25H25ClO2/c1-16(2)11-12-28-25-10-7-20(15-24(25)26)23-14-17(3)22(13-18(23)4)19-5-8-21(27)9-6-19/h5-11,13-15,27H,12H2,1-4H3. The third-order valence-electron chi connectivity index (χ3n) is 4.72. The Morgan fingerprint density at radius 2 is 1.46 bits per heavy atom. The van der Waals surface area contributed by atoms with E-state index in [1.54, 1.807) is 12.1 Å². The van der Waals surface area contributed by atoms with Crippen molar-refractivity contribution in [2.24, 2.45) is 0 Å². The lowest BCUT2D eigenvalue weighted by molar-refractivity contribution is 0.362. The van der Waals surface area contributed by atoms with Crippen LogP contribution >= 0.6 is 11.6 Å². The van der Waals surface area contributed by atoms with Crippen LogP contribution in [0.5, 0.6) is 11.5 Å². The zero-order valence-corrected chi connectivity index (χ0v) is 17.5. The van der Waals surface area contributed by atoms with E-state index in [0.29, 0.717) is 17.4 Å². The second kappa shape index (κ2) is 8.53. The number of aromatic hydroxyl groups is 1. The average Bonchev–Trinajstić information content (AvgIpc) is 2.65. The molecular formula is C25H25ClO2. The van der Waals surface area contributed by atoms with Gasteiger partial charge in [-0.2, -0.15) is 0 Å². The maximum Gasteiger partial charge on any atom is 0.138 e. The fraction of sp³-hybridized carbons (Fsp3) is 0.200. The Hall–Kier alpha value is -2.71. The monoisotopic (exact) mass is 392 g/mol. The van der Waals surface area contributed by atoms with Gasteiger partial charge in [0.15, 0.2) is 0 Å². The van der Waals surface area contributed by atoms with E-state index in [1.165, 1.54) is 16.7 Å². The van der Waals surface area contributed by atoms with E-state index in [9.17, 15) is 5.11 Å². The van der Waals surface area contributed by atoms with Crippen LogP contribution < -0.4 is 4.74 Å². The van der Waals surface area contributed by atoms with Crippen LogP contribution in [0.4, 0.5) is 0 Å². The molecule has 0 atom stereocenters. The van der Waals surface area contributed by atoms with Crippen molar-refractivity contribution in [2.75, 3.05) is 6.61 Å². The molecule has 0 heterocycles. The number of phenols is 1. The smallest absolute Gasteiger partial charge is 0.138 e. The first-order valence-corrected chi connectivity index (χ1v) is 9.69. The van der Waals surface area contributed by atoms with Gasteiger partial charge in [0.2, 0.25) is 0 Å². The van der Waals surface area contributed by atoms with Gasteiger partial charge in [0, 0.05) is 0 Å². The molecule has 0 amide bonds. The minimum Gasteiger partial charge on any atom is -0.508 e. The van der Waals surface area contributed by atoms with Gasteiger partial charge in [0.05, 0.1) is 5.02 Å². The predicted octanol–water partition coefficient (Wildman–Crippen LogP) is 7.34. The molecule has 0 saturated heterocycles. The molecular weight excluding hydrogens is 368 g/mol. The minimum atomic E-state index is 0.274. The van der Waals surface area contributed by atoms with Crippen LogP contribution in [0.15, 0.2) is 66.2 Å². The molecule has 3 aromatic rings. The summed E-state index contributed by atoms with van der Waals surface area (Å²) in [6.07, 6.45) is 2.03. The summed E-state index contributed by atoms with van der Waals surface area (Å²) in [5.74, 6) is 0.967. The average molecular weight is 393 g/mol. The highest BCUT2D eigenvalue weighted by molar-refractivity contribution is 6.32. The fourth-order valence-corrected chi connectivity index (χ4v) is 3.40. The Bertz CT molecular complexity index is 1010. The number of hydrogen-bond donors (Lipinski definition) is 1. The molecule has 0 fully saturated rings. The normalized spacial score (nSPS) is 10.6. The third kappa shape index (κ3) is 4.58. The largest absolute Gasteiger partial charge is 0.508 e. The molecule has 0 bridgehead atoms. The summed E-state index contributed by atoms with van der Waals surface area (Å²) in [7, 11) is 0. The van der Waals surface area contributed by atoms with E-state index in [2.05, 4.69) is 26.0 Å². The highest BCUT2D eigenvalue weighted by atomic mass is 35.5. The summed E-state index contributed by atoms with van der Waals surface area (Å²) in [6.45, 7) is 8.80. The zero-order chi connectivity index (χ0) is 20.3. The first-order valence-electron chi connectivity index (χ1n) is 9.32. The SMILES string of the molecule is CC(C)=CCOc1ccc(-c2cc(C)c(-c3ccc(O)cc3)cc2C)cc1Cl. The summed E-state index contributed by atoms with van der Waals surface area (Å²) < 4.78 is 5.75. The van der Waals surface area contributed by atoms with Crippen molar-refractivity contribution in [3.8, 4) is 33.8 Å². The maximum atomic E-state index is 9.52. The Morgan fingerprint density at radius 1 is 0.893 bits per heavy atom. The molecule has 0 saturated carbocycles. The van der Waals surface area contributed by atoms with Gasteiger partial charge in [-0.1, -0.05) is 47.5 Å². The quantitative estimate of drug-likeness (QED) is 0.460. The molecule has 0 aliphatic rings. The van der Waals surface area contributed by atoms with E-state index in [4.69, 9.17) is 16.3 Å². The van der Waals surface area contributed by atoms with Gasteiger partial charge >= 0.3 is 0 Å². The van der Waals surface area contributed by atoms with E-state index in [0.717, 1.165) is 22.3 Å². The van der Waals surface area contributed by atoms with Crippen molar-refractivity contribution in [1.29, 1.82) is 0 Å². The molecule has 3 aromatic carbocycles. The molecule has 0 unspecified atom stereocenters. The summed E-state index contributed by atoms with van der Waals surface area (Å²) in [4.78, 5) is 0. The Kier molecular flexibility index (Phi) is 6.11. The number of aryl methyl sites for hydroxylation is 2. The van der Waals surface area contributed by atoms with E-state index in [-0.39, 0.29) is 5.75 Å². The number of halogens is 1. The summed E-state index contributed by atoms with van der Waals surface area (Å²) in [6, 6.07) is 17.6. The highest BCUT2D eigenvalue weighted by Crippen LogP contribution is 2.35. The molecule has 1 N–H and O–H groups in total. The third-order valence-corrected chi connectivity index (χ3v) is 5.02. The summed E-state index contributed by atoms with van der Waals surface area (Å²) >= 11 is 6.46. The summed E-state index contributed by atoms with van der Waals surface area (Å²) in [5.41, 5.74) is 8.03. The van der Waals surface area contributed by atoms with Crippen molar-refractivity contribution >= 4 is 11.6 Å². The fourth-order valence-electron chi connectivity index (χ4n) is 3.16. The number of benzene rings is 3. The first kappa shape index (κ1) is 20.0. The van der Waals surface area contributed by atoms with Gasteiger partial charge in [0.1, 0.15) is 18.1 Å². The lowest BCUT2D eigenvalue weighted by Crippen LogP contribution is -1.95. The number of allylic oxidation sites excluding steroid dienone is 1. The van der Waals surface area contributed by atoms with Gasteiger partial charge in [-0.25, -0.2) is 0 Å². The summed E-state index contributed by atoms with van der Waals surface area (Å²) in [5, 5.41) is 10.1. The Morgan fingerprint density at radius 3 is 2.04 bits per heavy atom. The van der Waals surface area contributed by atoms with Crippen LogP contribution in [0.2, 0.25) is 5.02 Å². The van der Waals surface area contributed by atoms with Crippen molar-refractivity contribution < 1.29 is 9.84 Å². The topological polar surface area (TPSA) is 29.5 Å². The molecule has 3 rings (SSSR count). The molecule has 0 aliphatic carbocycles. The minimum absolute atomic E-state index is 0.274. The molecule has 0 spiro atoms. The molecule has 0 radical (unpaired) electrons. The zero-order valence-electron chi connectivity index (χ0n) is 16.7. The van der Waals surface area contributed by atoms with Gasteiger partial charge in [-0.05, 0) is 91.4 Å². The van der Waals surface area contributed by atoms with E-state index < -0.39 is 0 Å². The van der Waals surface area contributed by atoms with Crippen LogP contribution in [0.1, 0.15) is 25.0 Å². The second-order valence-corrected chi connectivity index (χ2v) is 7.67. The molecule has 144 valence electrons. The van der Waals surface area contributed by atoms with E-state index in [1.807, 2.05) is 50.3 Å². The first-order chi connectivity index (χ1) is 13.3. The van der Waals surface area contributed by atoms with Crippen LogP contribution in [-0.2, 0) is 0 Å². The molecule has 2 nitrogen and oxygen atoms in total. The Balaban J connectivity index is 1.91. The number of ether oxygens (including phenoxy) is 1. The molecule has 0 aromatic heterocycles. The van der Waals surface area contributed by atoms with Crippen molar-refractivity contribution in [3.63, 3.8) is 0 Å². The number of rotatable bonds is 5. The molecule has 0 aliphatic heterocycles. The van der Waals surface area contributed by atoms with E-state index >= 15 is 0 Å². The van der Waals surface area contributed by atoms with Crippen LogP contribution in [0.25, 0.3) is 22.3 Å². The van der Waals surface area contributed by atoms with Crippen molar-refractivity contribution in [3.05, 3.63) is 82.4 Å². The van der Waals surface area contributed by atoms with Crippen molar-refractivity contribution in [2.45, 2.75) is 27.7 Å². The van der Waals surface area contributed by atoms with Crippen molar-refractivity contribution in [1.82, 2.24) is 0 Å². The van der Waals surface area contributed by atoms with Crippen LogP contribution in [-0.4, -0.2) is 11.7 Å². The van der Waals surface area contributed by atoms with Gasteiger partial charge in [-0.15, -0.1) is 0 Å². The number of phenolic OH excluding ortho intramolecular Hbond substituents is 1. The van der Waals surface area contributed by atoms with Crippen LogP contribution in [0.3, 0.4) is 0 Å².